The second-order valence-corrected chi connectivity index (χ2v) is 5.98. The first kappa shape index (κ1) is 12.2. The normalized spacial score (nSPS) is 19.1. The van der Waals surface area contributed by atoms with E-state index in [-0.39, 0.29) is 0 Å². The average Bonchev–Trinajstić information content (AvgIpc) is 2.56. The third kappa shape index (κ3) is 2.51. The number of fused-ring (bicyclic) bond motifs is 1. The van der Waals surface area contributed by atoms with Gasteiger partial charge in [-0.2, -0.15) is 0 Å². The molecule has 1 aromatic carbocycles. The van der Waals surface area contributed by atoms with E-state index in [0.29, 0.717) is 6.42 Å². The van der Waals surface area contributed by atoms with Gasteiger partial charge in [0.25, 0.3) is 0 Å². The molecule has 0 aliphatic heterocycles. The lowest BCUT2D eigenvalue weighted by molar-refractivity contribution is -0.146. The first-order valence-electron chi connectivity index (χ1n) is 6.22. The fourth-order valence-corrected chi connectivity index (χ4v) is 2.59. The van der Waals surface area contributed by atoms with E-state index >= 15 is 0 Å². The summed E-state index contributed by atoms with van der Waals surface area (Å²) in [7, 11) is 0. The summed E-state index contributed by atoms with van der Waals surface area (Å²) in [5, 5.41) is 9.14. The molecule has 0 fully saturated rings. The fourth-order valence-electron chi connectivity index (χ4n) is 2.59. The average molecular weight is 232 g/mol. The summed E-state index contributed by atoms with van der Waals surface area (Å²) in [6, 6.07) is 6.46. The lowest BCUT2D eigenvalue weighted by Gasteiger charge is -2.19. The summed E-state index contributed by atoms with van der Waals surface area (Å²) < 4.78 is 0. The number of carboxylic acid groups (broad SMARTS) is 1. The Labute approximate surface area is 103 Å². The molecule has 1 N–H and O–H groups in total. The number of aliphatic carboxylic acids is 1. The van der Waals surface area contributed by atoms with Crippen molar-refractivity contribution in [2.24, 2.45) is 11.3 Å². The summed E-state index contributed by atoms with van der Waals surface area (Å²) in [4.78, 5) is 11.1. The number of carbonyl (C=O) groups is 1. The van der Waals surface area contributed by atoms with Crippen molar-refractivity contribution in [1.29, 1.82) is 0 Å². The van der Waals surface area contributed by atoms with Gasteiger partial charge in [0.15, 0.2) is 0 Å². The van der Waals surface area contributed by atoms with Crippen LogP contribution in [0.25, 0.3) is 0 Å². The Morgan fingerprint density at radius 3 is 2.65 bits per heavy atom. The van der Waals surface area contributed by atoms with E-state index in [0.717, 1.165) is 24.3 Å². The molecule has 0 saturated carbocycles. The Bertz CT molecular complexity index is 446. The molecule has 1 atom stereocenters. The van der Waals surface area contributed by atoms with Crippen LogP contribution >= 0.6 is 0 Å². The van der Waals surface area contributed by atoms with E-state index in [1.807, 2.05) is 0 Å². The van der Waals surface area contributed by atoms with Gasteiger partial charge in [-0.1, -0.05) is 25.1 Å². The zero-order valence-corrected chi connectivity index (χ0v) is 10.8. The van der Waals surface area contributed by atoms with Gasteiger partial charge in [-0.15, -0.1) is 0 Å². The van der Waals surface area contributed by atoms with Crippen molar-refractivity contribution >= 4 is 5.97 Å². The molecular weight excluding hydrogens is 212 g/mol. The van der Waals surface area contributed by atoms with Crippen molar-refractivity contribution in [2.75, 3.05) is 0 Å². The van der Waals surface area contributed by atoms with Crippen LogP contribution in [-0.2, 0) is 24.1 Å². The Hall–Kier alpha value is -1.31. The zero-order chi connectivity index (χ0) is 12.6. The Balaban J connectivity index is 2.20. The van der Waals surface area contributed by atoms with Crippen LogP contribution in [0.1, 0.15) is 37.5 Å². The van der Waals surface area contributed by atoms with Gasteiger partial charge in [0.2, 0.25) is 0 Å². The SMILES string of the molecule is CC1Cc2ccc(CC(C)(C)C(=O)O)cc2C1. The molecular formula is C15H20O2. The van der Waals surface area contributed by atoms with Crippen LogP contribution in [-0.4, -0.2) is 11.1 Å². The van der Waals surface area contributed by atoms with Crippen LogP contribution in [0, 0.1) is 11.3 Å². The molecule has 92 valence electrons. The molecule has 1 aliphatic rings. The molecule has 0 heterocycles. The summed E-state index contributed by atoms with van der Waals surface area (Å²) >= 11 is 0. The third-order valence-corrected chi connectivity index (χ3v) is 3.63. The van der Waals surface area contributed by atoms with E-state index in [1.54, 1.807) is 13.8 Å². The number of hydrogen-bond donors (Lipinski definition) is 1. The summed E-state index contributed by atoms with van der Waals surface area (Å²) in [6.07, 6.45) is 2.90. The first-order valence-corrected chi connectivity index (χ1v) is 6.22. The Kier molecular flexibility index (Phi) is 2.98. The van der Waals surface area contributed by atoms with E-state index in [9.17, 15) is 4.79 Å². The maximum absolute atomic E-state index is 11.1. The minimum atomic E-state index is -0.730. The topological polar surface area (TPSA) is 37.3 Å². The lowest BCUT2D eigenvalue weighted by atomic mass is 9.85. The minimum Gasteiger partial charge on any atom is -0.481 e. The van der Waals surface area contributed by atoms with Crippen molar-refractivity contribution in [3.63, 3.8) is 0 Å². The van der Waals surface area contributed by atoms with E-state index < -0.39 is 11.4 Å². The van der Waals surface area contributed by atoms with Crippen LogP contribution in [0.2, 0.25) is 0 Å². The molecule has 0 radical (unpaired) electrons. The van der Waals surface area contributed by atoms with Gasteiger partial charge in [0.1, 0.15) is 0 Å². The van der Waals surface area contributed by atoms with E-state index in [1.165, 1.54) is 11.1 Å². The lowest BCUT2D eigenvalue weighted by Crippen LogP contribution is -2.26. The molecule has 1 aromatic rings. The molecule has 2 nitrogen and oxygen atoms in total. The predicted molar refractivity (Wildman–Crippen MR) is 68.1 cm³/mol. The molecule has 1 unspecified atom stereocenters. The van der Waals surface area contributed by atoms with Gasteiger partial charge in [-0.25, -0.2) is 0 Å². The number of hydrogen-bond acceptors (Lipinski definition) is 1. The van der Waals surface area contributed by atoms with Gasteiger partial charge in [0, 0.05) is 0 Å². The minimum absolute atomic E-state index is 0.601. The Morgan fingerprint density at radius 2 is 2.00 bits per heavy atom. The molecule has 17 heavy (non-hydrogen) atoms. The van der Waals surface area contributed by atoms with E-state index in [4.69, 9.17) is 5.11 Å². The van der Waals surface area contributed by atoms with Crippen LogP contribution in [0.3, 0.4) is 0 Å². The van der Waals surface area contributed by atoms with Crippen molar-refractivity contribution in [3.05, 3.63) is 34.9 Å². The molecule has 0 amide bonds. The van der Waals surface area contributed by atoms with E-state index in [2.05, 4.69) is 25.1 Å². The van der Waals surface area contributed by atoms with Crippen molar-refractivity contribution in [3.8, 4) is 0 Å². The van der Waals surface area contributed by atoms with Crippen molar-refractivity contribution in [1.82, 2.24) is 0 Å². The quantitative estimate of drug-likeness (QED) is 0.869. The molecule has 0 saturated heterocycles. The number of carboxylic acids is 1. The van der Waals surface area contributed by atoms with Crippen LogP contribution in [0.4, 0.5) is 0 Å². The number of rotatable bonds is 3. The molecule has 0 spiro atoms. The summed E-state index contributed by atoms with van der Waals surface area (Å²) in [6.45, 7) is 5.83. The van der Waals surface area contributed by atoms with Crippen molar-refractivity contribution < 1.29 is 9.90 Å². The van der Waals surface area contributed by atoms with Crippen LogP contribution < -0.4 is 0 Å². The van der Waals surface area contributed by atoms with Gasteiger partial charge in [0.05, 0.1) is 5.41 Å². The maximum Gasteiger partial charge on any atom is 0.309 e. The largest absolute Gasteiger partial charge is 0.481 e. The summed E-state index contributed by atoms with van der Waals surface area (Å²) in [5.41, 5.74) is 3.31. The fraction of sp³-hybridized carbons (Fsp3) is 0.533. The maximum atomic E-state index is 11.1. The molecule has 1 aliphatic carbocycles. The molecule has 2 rings (SSSR count). The van der Waals surface area contributed by atoms with Gasteiger partial charge in [-0.05, 0) is 55.7 Å². The van der Waals surface area contributed by atoms with Crippen LogP contribution in [0.5, 0.6) is 0 Å². The van der Waals surface area contributed by atoms with Gasteiger partial charge < -0.3 is 5.11 Å². The Morgan fingerprint density at radius 1 is 1.35 bits per heavy atom. The van der Waals surface area contributed by atoms with Crippen molar-refractivity contribution in [2.45, 2.75) is 40.0 Å². The zero-order valence-electron chi connectivity index (χ0n) is 10.8. The van der Waals surface area contributed by atoms with Gasteiger partial charge >= 0.3 is 5.97 Å². The monoisotopic (exact) mass is 232 g/mol. The van der Waals surface area contributed by atoms with Crippen LogP contribution in [0.15, 0.2) is 18.2 Å². The highest BCUT2D eigenvalue weighted by Gasteiger charge is 2.28. The molecule has 0 aromatic heterocycles. The standard InChI is InChI=1S/C15H20O2/c1-10-6-12-5-4-11(8-13(12)7-10)9-15(2,3)14(16)17/h4-5,8,10H,6-7,9H2,1-3H3,(H,16,17). The molecule has 0 bridgehead atoms. The predicted octanol–water partition coefficient (Wildman–Crippen LogP) is 3.07. The highest BCUT2D eigenvalue weighted by atomic mass is 16.4. The smallest absolute Gasteiger partial charge is 0.309 e. The second kappa shape index (κ2) is 4.17. The molecule has 2 heteroatoms. The highest BCUT2D eigenvalue weighted by molar-refractivity contribution is 5.74. The second-order valence-electron chi connectivity index (χ2n) is 5.98. The number of benzene rings is 1. The summed E-state index contributed by atoms with van der Waals surface area (Å²) in [5.74, 6) is -0.000833. The third-order valence-electron chi connectivity index (χ3n) is 3.63. The van der Waals surface area contributed by atoms with Gasteiger partial charge in [-0.3, -0.25) is 4.79 Å². The highest BCUT2D eigenvalue weighted by Crippen LogP contribution is 2.29. The first-order chi connectivity index (χ1) is 7.88.